The van der Waals surface area contributed by atoms with Crippen LogP contribution in [0.5, 0.6) is 0 Å². The number of aromatic nitrogens is 3. The molecular weight excluding hydrogens is 737 g/mol. The number of para-hydroxylation sites is 1. The fraction of sp³-hybridized carbons (Fsp3) is 0.439. The molecule has 3 aromatic carbocycles. The van der Waals surface area contributed by atoms with E-state index in [1.807, 2.05) is 53.2 Å². The molecule has 0 atom stereocenters. The molecule has 3 N–H and O–H groups in total. The third-order valence-electron chi connectivity index (χ3n) is 9.32. The number of ether oxygens (including phenoxy) is 2. The first-order chi connectivity index (χ1) is 26.8. The van der Waals surface area contributed by atoms with Gasteiger partial charge < -0.3 is 25.0 Å². The maximum Gasteiger partial charge on any atom is 0.294 e. The maximum absolute atomic E-state index is 13.8. The van der Waals surface area contributed by atoms with Gasteiger partial charge in [0.05, 0.1) is 42.6 Å². The first kappa shape index (κ1) is 42.2. The van der Waals surface area contributed by atoms with Crippen LogP contribution < -0.4 is 15.5 Å². The van der Waals surface area contributed by atoms with Gasteiger partial charge in [-0.25, -0.2) is 4.68 Å². The minimum Gasteiger partial charge on any atom is -0.379 e. The lowest BCUT2D eigenvalue weighted by Crippen LogP contribution is -2.34. The Bertz CT molecular complexity index is 2060. The van der Waals surface area contributed by atoms with Crippen molar-refractivity contribution in [2.24, 2.45) is 5.41 Å². The third-order valence-corrected chi connectivity index (χ3v) is 10.2. The van der Waals surface area contributed by atoms with E-state index in [0.717, 1.165) is 34.4 Å². The summed E-state index contributed by atoms with van der Waals surface area (Å²) < 4.78 is 44.7. The summed E-state index contributed by atoms with van der Waals surface area (Å²) in [5, 5.41) is 14.9. The molecule has 15 heteroatoms. The van der Waals surface area contributed by atoms with Crippen molar-refractivity contribution in [3.8, 4) is 22.5 Å². The van der Waals surface area contributed by atoms with Gasteiger partial charge in [0.15, 0.2) is 0 Å². The van der Waals surface area contributed by atoms with Gasteiger partial charge in [-0.3, -0.25) is 18.9 Å². The topological polar surface area (TPSA) is 182 Å². The predicted octanol–water partition coefficient (Wildman–Crippen LogP) is 5.21. The largest absolute Gasteiger partial charge is 0.379 e. The molecule has 2 heterocycles. The van der Waals surface area contributed by atoms with Crippen molar-refractivity contribution in [1.29, 1.82) is 0 Å². The highest BCUT2D eigenvalue weighted by Crippen LogP contribution is 2.41. The smallest absolute Gasteiger partial charge is 0.294 e. The van der Waals surface area contributed by atoms with Crippen molar-refractivity contribution in [3.63, 3.8) is 0 Å². The second-order valence-electron chi connectivity index (χ2n) is 14.9. The highest BCUT2D eigenvalue weighted by Gasteiger charge is 2.29. The van der Waals surface area contributed by atoms with Crippen LogP contribution in [-0.4, -0.2) is 85.2 Å². The molecule has 300 valence electrons. The Balaban J connectivity index is 1.15. The van der Waals surface area contributed by atoms with Crippen LogP contribution in [-0.2, 0) is 53.5 Å². The Morgan fingerprint density at radius 2 is 1.46 bits per heavy atom. The Labute approximate surface area is 328 Å². The summed E-state index contributed by atoms with van der Waals surface area (Å²) >= 11 is 0. The van der Waals surface area contributed by atoms with Gasteiger partial charge in [0.25, 0.3) is 10.1 Å². The molecule has 1 aromatic heterocycles. The fourth-order valence-electron chi connectivity index (χ4n) is 6.23. The number of hydrogen-bond donors (Lipinski definition) is 3. The average molecular weight is 789 g/mol. The Morgan fingerprint density at radius 1 is 0.804 bits per heavy atom. The molecule has 0 aliphatic carbocycles. The average Bonchev–Trinajstić information content (AvgIpc) is 3.58. The highest BCUT2D eigenvalue weighted by molar-refractivity contribution is 7.85. The van der Waals surface area contributed by atoms with Crippen LogP contribution in [0.15, 0.2) is 77.7 Å². The Hall–Kier alpha value is -4.96. The van der Waals surface area contributed by atoms with Crippen molar-refractivity contribution in [3.05, 3.63) is 83.9 Å². The molecule has 1 aliphatic rings. The van der Waals surface area contributed by atoms with Gasteiger partial charge in [-0.2, -0.15) is 8.42 Å². The second-order valence-corrected chi connectivity index (χ2v) is 16.3. The number of benzene rings is 3. The van der Waals surface area contributed by atoms with E-state index < -0.39 is 10.1 Å². The summed E-state index contributed by atoms with van der Waals surface area (Å²) in [4.78, 5) is 40.6. The molecule has 3 amide bonds. The number of fused-ring (bicyclic) bond motifs is 5. The molecule has 0 saturated carbocycles. The lowest BCUT2D eigenvalue weighted by molar-refractivity contribution is -0.125. The molecule has 0 saturated heterocycles. The predicted molar refractivity (Wildman–Crippen MR) is 212 cm³/mol. The van der Waals surface area contributed by atoms with Crippen LogP contribution >= 0.6 is 0 Å². The van der Waals surface area contributed by atoms with Crippen molar-refractivity contribution < 1.29 is 36.8 Å². The van der Waals surface area contributed by atoms with Gasteiger partial charge in [-0.05, 0) is 54.0 Å². The molecule has 1 aliphatic heterocycles. The highest BCUT2D eigenvalue weighted by atomic mass is 32.2. The van der Waals surface area contributed by atoms with Crippen LogP contribution in [0.25, 0.3) is 22.5 Å². The molecule has 14 nitrogen and oxygen atoms in total. The third kappa shape index (κ3) is 12.3. The molecule has 0 radical (unpaired) electrons. The van der Waals surface area contributed by atoms with Crippen molar-refractivity contribution in [1.82, 2.24) is 25.6 Å². The monoisotopic (exact) mass is 788 g/mol. The van der Waals surface area contributed by atoms with Gasteiger partial charge in [0.1, 0.15) is 5.69 Å². The minimum atomic E-state index is -4.27. The van der Waals surface area contributed by atoms with Crippen LogP contribution in [0.3, 0.4) is 0 Å². The molecule has 4 aromatic rings. The van der Waals surface area contributed by atoms with Crippen molar-refractivity contribution in [2.45, 2.75) is 77.3 Å². The number of aryl methyl sites for hydroxylation is 2. The summed E-state index contributed by atoms with van der Waals surface area (Å²) in [6, 6.07) is 21.2. The van der Waals surface area contributed by atoms with E-state index in [2.05, 4.69) is 41.7 Å². The van der Waals surface area contributed by atoms with E-state index in [1.54, 1.807) is 17.0 Å². The van der Waals surface area contributed by atoms with Crippen molar-refractivity contribution in [2.75, 3.05) is 44.4 Å². The quantitative estimate of drug-likeness (QED) is 0.0843. The van der Waals surface area contributed by atoms with Gasteiger partial charge in [0, 0.05) is 56.6 Å². The number of rotatable bonds is 19. The number of nitrogens with zero attached hydrogens (tertiary/aromatic N) is 4. The number of hydrogen-bond acceptors (Lipinski definition) is 9. The lowest BCUT2D eigenvalue weighted by Gasteiger charge is -2.28. The van der Waals surface area contributed by atoms with Gasteiger partial charge in [-0.1, -0.05) is 80.6 Å². The standard InChI is InChI=1S/C41H52N6O8S/c1-41(2,3)21-25-54-27-28-55-26-23-43-37(49)19-20-38(50)46-29-31-9-4-5-10-33(31)40-39(34-11-6-7-12-35(34)46)44-45-47(40)24-8-22-42-36(48)18-15-30-13-16-32(17-14-30)56(51,52)53/h4-7,9-14,16-17H,8,15,18-29H2,1-3H3,(H,42,48)(H,43,49)(H,51,52,53). The maximum atomic E-state index is 13.8. The number of amides is 3. The van der Waals surface area contributed by atoms with E-state index >= 15 is 0 Å². The molecule has 56 heavy (non-hydrogen) atoms. The minimum absolute atomic E-state index is 0.0242. The number of anilines is 1. The van der Waals surface area contributed by atoms with Crippen LogP contribution in [0.4, 0.5) is 5.69 Å². The van der Waals surface area contributed by atoms with Crippen LogP contribution in [0, 0.1) is 5.41 Å². The first-order valence-corrected chi connectivity index (χ1v) is 20.4. The molecule has 0 spiro atoms. The Kier molecular flexibility index (Phi) is 14.9. The summed E-state index contributed by atoms with van der Waals surface area (Å²) in [5.74, 6) is -0.553. The van der Waals surface area contributed by atoms with E-state index in [0.29, 0.717) is 76.8 Å². The van der Waals surface area contributed by atoms with Gasteiger partial charge in [-0.15, -0.1) is 5.10 Å². The lowest BCUT2D eigenvalue weighted by atomic mass is 9.93. The number of carbonyl (C=O) groups excluding carboxylic acids is 3. The number of nitrogens with one attached hydrogen (secondary N) is 2. The SMILES string of the molecule is CC(C)(C)CCOCCOCCNC(=O)CCC(=O)N1Cc2ccccc2-c2c(nnn2CCCNC(=O)CCc2ccc(S(=O)(=O)O)cc2)-c2ccccc21. The molecule has 0 fully saturated rings. The zero-order valence-electron chi connectivity index (χ0n) is 32.3. The molecule has 0 bridgehead atoms. The second kappa shape index (κ2) is 19.8. The van der Waals surface area contributed by atoms with Crippen LogP contribution in [0.2, 0.25) is 0 Å². The number of carbonyl (C=O) groups is 3. The molecule has 0 unspecified atom stereocenters. The zero-order chi connectivity index (χ0) is 40.1. The van der Waals surface area contributed by atoms with E-state index in [1.165, 1.54) is 12.1 Å². The summed E-state index contributed by atoms with van der Waals surface area (Å²) in [6.07, 6.45) is 2.26. The van der Waals surface area contributed by atoms with Gasteiger partial charge in [0.2, 0.25) is 17.7 Å². The fourth-order valence-corrected chi connectivity index (χ4v) is 6.71. The summed E-state index contributed by atoms with van der Waals surface area (Å²) in [5.41, 5.74) is 5.67. The normalized spacial score (nSPS) is 12.5. The molecule has 5 rings (SSSR count). The van der Waals surface area contributed by atoms with Crippen LogP contribution in [0.1, 0.15) is 64.0 Å². The molecular formula is C41H52N6O8S. The van der Waals surface area contributed by atoms with E-state index in [4.69, 9.17) is 14.0 Å². The van der Waals surface area contributed by atoms with E-state index in [-0.39, 0.29) is 47.3 Å². The summed E-state index contributed by atoms with van der Waals surface area (Å²) in [6.45, 7) is 10.0. The van der Waals surface area contributed by atoms with Crippen molar-refractivity contribution >= 4 is 33.5 Å². The summed E-state index contributed by atoms with van der Waals surface area (Å²) in [7, 11) is -4.27. The first-order valence-electron chi connectivity index (χ1n) is 19.0. The Morgan fingerprint density at radius 3 is 2.20 bits per heavy atom. The van der Waals surface area contributed by atoms with Gasteiger partial charge >= 0.3 is 0 Å². The van der Waals surface area contributed by atoms with E-state index in [9.17, 15) is 22.8 Å². The zero-order valence-corrected chi connectivity index (χ0v) is 33.1.